The first-order chi connectivity index (χ1) is 12.5. The molecule has 3 heterocycles. The Kier molecular flexibility index (Phi) is 3.79. The number of aryl methyl sites for hydroxylation is 2. The average molecular weight is 353 g/mol. The van der Waals surface area contributed by atoms with Crippen LogP contribution < -0.4 is 0 Å². The van der Waals surface area contributed by atoms with Gasteiger partial charge in [-0.25, -0.2) is 13.8 Å². The summed E-state index contributed by atoms with van der Waals surface area (Å²) in [4.78, 5) is 0. The monoisotopic (exact) mass is 353 g/mol. The summed E-state index contributed by atoms with van der Waals surface area (Å²) in [6.07, 6.45) is 1.73. The summed E-state index contributed by atoms with van der Waals surface area (Å²) in [5.74, 6) is 0.130. The van der Waals surface area contributed by atoms with E-state index in [-0.39, 0.29) is 11.9 Å². The van der Waals surface area contributed by atoms with E-state index >= 15 is 0 Å². The zero-order chi connectivity index (χ0) is 18.3. The van der Waals surface area contributed by atoms with Crippen molar-refractivity contribution in [1.29, 1.82) is 0 Å². The van der Waals surface area contributed by atoms with Crippen LogP contribution in [0.25, 0.3) is 16.9 Å². The largest absolute Gasteiger partial charge is 0.241 e. The molecule has 26 heavy (non-hydrogen) atoms. The minimum Gasteiger partial charge on any atom is -0.241 e. The van der Waals surface area contributed by atoms with Gasteiger partial charge >= 0.3 is 0 Å². The molecule has 1 N–H and O–H groups in total. The average Bonchev–Trinajstić information content (AvgIpc) is 3.35. The summed E-state index contributed by atoms with van der Waals surface area (Å²) >= 11 is 0. The Morgan fingerprint density at radius 2 is 2.00 bits per heavy atom. The predicted octanol–water partition coefficient (Wildman–Crippen LogP) is 2.01. The maximum Gasteiger partial charge on any atom is 0.198 e. The van der Waals surface area contributed by atoms with E-state index in [0.717, 1.165) is 17.1 Å². The number of nitrogens with one attached hydrogen (secondary N) is 1. The second-order valence-electron chi connectivity index (χ2n) is 6.03. The van der Waals surface area contributed by atoms with Gasteiger partial charge in [0.05, 0.1) is 17.6 Å². The van der Waals surface area contributed by atoms with E-state index in [1.54, 1.807) is 21.6 Å². The highest BCUT2D eigenvalue weighted by Gasteiger charge is 2.18. The molecular weight excluding hydrogens is 337 g/mol. The van der Waals surface area contributed by atoms with Crippen LogP contribution >= 0.6 is 0 Å². The van der Waals surface area contributed by atoms with Crippen LogP contribution in [0.2, 0.25) is 0 Å². The summed E-state index contributed by atoms with van der Waals surface area (Å²) in [5.41, 5.74) is 3.69. The topological polar surface area (TPSA) is 103 Å². The molecule has 0 fully saturated rings. The number of nitrogens with zero attached hydrogens (tertiary/aromatic N) is 8. The minimum atomic E-state index is -0.356. The quantitative estimate of drug-likeness (QED) is 0.602. The smallest absolute Gasteiger partial charge is 0.198 e. The summed E-state index contributed by atoms with van der Waals surface area (Å²) in [7, 11) is 0. The van der Waals surface area contributed by atoms with Crippen molar-refractivity contribution in [3.63, 3.8) is 0 Å². The van der Waals surface area contributed by atoms with E-state index in [9.17, 15) is 4.39 Å². The van der Waals surface area contributed by atoms with Gasteiger partial charge in [-0.15, -0.1) is 15.3 Å². The van der Waals surface area contributed by atoms with Crippen LogP contribution in [0.3, 0.4) is 0 Å². The van der Waals surface area contributed by atoms with Gasteiger partial charge in [0.15, 0.2) is 5.82 Å². The Hall–Kier alpha value is -3.43. The number of rotatable bonds is 4. The molecule has 1 atom stereocenters. The molecule has 4 rings (SSSR count). The molecule has 1 unspecified atom stereocenters. The van der Waals surface area contributed by atoms with Gasteiger partial charge in [-0.1, -0.05) is 10.4 Å². The molecule has 0 amide bonds. The van der Waals surface area contributed by atoms with Gasteiger partial charge in [-0.3, -0.25) is 0 Å². The zero-order valence-corrected chi connectivity index (χ0v) is 14.4. The molecule has 1 aromatic carbocycles. The first kappa shape index (κ1) is 16.1. The Morgan fingerprint density at radius 3 is 2.69 bits per heavy atom. The Balaban J connectivity index is 1.79. The molecule has 0 saturated carbocycles. The maximum atomic E-state index is 13.9. The summed E-state index contributed by atoms with van der Waals surface area (Å²) in [6.45, 7) is 5.73. The molecule has 0 aliphatic rings. The summed E-state index contributed by atoms with van der Waals surface area (Å²) in [6, 6.07) is 6.22. The van der Waals surface area contributed by atoms with Gasteiger partial charge < -0.3 is 0 Å². The lowest BCUT2D eigenvalue weighted by Crippen LogP contribution is -2.09. The van der Waals surface area contributed by atoms with Crippen molar-refractivity contribution in [3.8, 4) is 16.9 Å². The molecule has 0 saturated heterocycles. The second-order valence-corrected chi connectivity index (χ2v) is 6.03. The van der Waals surface area contributed by atoms with E-state index in [1.807, 2.05) is 26.8 Å². The molecule has 0 aliphatic heterocycles. The molecular formula is C16H16FN9. The highest BCUT2D eigenvalue weighted by Crippen LogP contribution is 2.27. The molecule has 0 spiro atoms. The van der Waals surface area contributed by atoms with Crippen molar-refractivity contribution in [1.82, 2.24) is 45.4 Å². The number of halogens is 1. The first-order valence-electron chi connectivity index (χ1n) is 8.01. The lowest BCUT2D eigenvalue weighted by Gasteiger charge is -2.10. The summed E-state index contributed by atoms with van der Waals surface area (Å²) < 4.78 is 17.3. The van der Waals surface area contributed by atoms with Gasteiger partial charge in [0.2, 0.25) is 0 Å². The number of hydrogen-bond donors (Lipinski definition) is 1. The lowest BCUT2D eigenvalue weighted by atomic mass is 10.1. The van der Waals surface area contributed by atoms with Crippen molar-refractivity contribution in [2.75, 3.05) is 0 Å². The number of tetrazole rings is 1. The van der Waals surface area contributed by atoms with Crippen molar-refractivity contribution in [2.24, 2.45) is 0 Å². The predicted molar refractivity (Wildman–Crippen MR) is 90.0 cm³/mol. The van der Waals surface area contributed by atoms with E-state index in [2.05, 4.69) is 36.0 Å². The van der Waals surface area contributed by atoms with Crippen LogP contribution in [0.15, 0.2) is 30.5 Å². The number of H-pyrrole nitrogens is 1. The van der Waals surface area contributed by atoms with E-state index in [0.29, 0.717) is 17.1 Å². The molecule has 9 nitrogen and oxygen atoms in total. The minimum absolute atomic E-state index is 0.263. The van der Waals surface area contributed by atoms with Crippen molar-refractivity contribution < 1.29 is 4.39 Å². The van der Waals surface area contributed by atoms with Crippen molar-refractivity contribution in [2.45, 2.75) is 26.8 Å². The number of aromatic nitrogens is 9. The zero-order valence-electron chi connectivity index (χ0n) is 14.4. The normalized spacial score (nSPS) is 12.5. The van der Waals surface area contributed by atoms with Gasteiger partial charge in [0, 0.05) is 11.3 Å². The highest BCUT2D eigenvalue weighted by molar-refractivity contribution is 5.69. The maximum absolute atomic E-state index is 13.9. The van der Waals surface area contributed by atoms with E-state index in [1.165, 1.54) is 12.1 Å². The summed E-state index contributed by atoms with van der Waals surface area (Å²) in [5, 5.41) is 26.7. The highest BCUT2D eigenvalue weighted by atomic mass is 19.1. The van der Waals surface area contributed by atoms with Gasteiger partial charge in [-0.05, 0) is 45.0 Å². The van der Waals surface area contributed by atoms with Crippen molar-refractivity contribution >= 4 is 0 Å². The fraction of sp³-hybridized carbons (Fsp3) is 0.250. The third-order valence-electron chi connectivity index (χ3n) is 4.11. The molecule has 0 aliphatic carbocycles. The number of aromatic amines is 1. The Morgan fingerprint density at radius 1 is 1.15 bits per heavy atom. The van der Waals surface area contributed by atoms with Crippen LogP contribution in [0.1, 0.15) is 30.2 Å². The fourth-order valence-electron chi connectivity index (χ4n) is 2.83. The Bertz CT molecular complexity index is 1050. The third-order valence-corrected chi connectivity index (χ3v) is 4.11. The van der Waals surface area contributed by atoms with Gasteiger partial charge in [0.25, 0.3) is 0 Å². The van der Waals surface area contributed by atoms with E-state index < -0.39 is 0 Å². The number of hydrogen-bond acceptors (Lipinski definition) is 6. The van der Waals surface area contributed by atoms with Crippen LogP contribution in [0, 0.1) is 19.7 Å². The van der Waals surface area contributed by atoms with Crippen LogP contribution in [0.4, 0.5) is 4.39 Å². The molecule has 3 aromatic heterocycles. The SMILES string of the molecule is Cc1cc(C)n(-c2ccc(F)cc2-c2cn(C(C)c3nn[nH]n3)nn2)n1. The first-order valence-corrected chi connectivity index (χ1v) is 8.01. The molecule has 4 aromatic rings. The standard InChI is InChI=1S/C16H16FN9/c1-9-6-10(2)26(21-9)15-5-4-12(17)7-13(15)14-8-25(24-18-14)11(3)16-19-22-23-20-16/h4-8,11H,1-3H3,(H,19,20,22,23). The lowest BCUT2D eigenvalue weighted by molar-refractivity contribution is 0.519. The van der Waals surface area contributed by atoms with Crippen LogP contribution in [-0.2, 0) is 0 Å². The molecule has 0 bridgehead atoms. The van der Waals surface area contributed by atoms with Crippen molar-refractivity contribution in [3.05, 3.63) is 53.5 Å². The fourth-order valence-corrected chi connectivity index (χ4v) is 2.83. The second kappa shape index (κ2) is 6.14. The molecule has 10 heteroatoms. The van der Waals surface area contributed by atoms with E-state index in [4.69, 9.17) is 0 Å². The molecule has 132 valence electrons. The number of benzene rings is 1. The van der Waals surface area contributed by atoms with Crippen LogP contribution in [0.5, 0.6) is 0 Å². The Labute approximate surface area is 147 Å². The third kappa shape index (κ3) is 2.75. The molecule has 0 radical (unpaired) electrons. The van der Waals surface area contributed by atoms with Gasteiger partial charge in [0.1, 0.15) is 17.6 Å². The van der Waals surface area contributed by atoms with Gasteiger partial charge in [-0.2, -0.15) is 10.3 Å². The van der Waals surface area contributed by atoms with Crippen LogP contribution in [-0.4, -0.2) is 45.4 Å².